The largest absolute Gasteiger partial charge is 0.476 e. The third-order valence-electron chi connectivity index (χ3n) is 3.63. The van der Waals surface area contributed by atoms with Crippen LogP contribution in [-0.2, 0) is 19.5 Å². The SMILES string of the molecule is O=C(O)c1cnc(CN2CCc3c(Cl)cc(Cl)cc3C2)cn1. The van der Waals surface area contributed by atoms with Gasteiger partial charge in [0.2, 0.25) is 0 Å². The molecular formula is C15H13Cl2N3O2. The highest BCUT2D eigenvalue weighted by molar-refractivity contribution is 6.35. The average Bonchev–Trinajstić information content (AvgIpc) is 2.47. The first-order chi connectivity index (χ1) is 10.5. The number of hydrogen-bond acceptors (Lipinski definition) is 4. The Hall–Kier alpha value is -1.69. The van der Waals surface area contributed by atoms with Gasteiger partial charge in [0.15, 0.2) is 5.69 Å². The summed E-state index contributed by atoms with van der Waals surface area (Å²) >= 11 is 12.3. The second kappa shape index (κ2) is 6.20. The van der Waals surface area contributed by atoms with Crippen molar-refractivity contribution < 1.29 is 9.90 Å². The van der Waals surface area contributed by atoms with Gasteiger partial charge in [-0.1, -0.05) is 23.2 Å². The molecule has 0 saturated heterocycles. The number of carbonyl (C=O) groups is 1. The van der Waals surface area contributed by atoms with Crippen LogP contribution in [0.5, 0.6) is 0 Å². The van der Waals surface area contributed by atoms with E-state index in [2.05, 4.69) is 14.9 Å². The zero-order valence-electron chi connectivity index (χ0n) is 11.6. The van der Waals surface area contributed by atoms with E-state index in [1.54, 1.807) is 6.07 Å². The third kappa shape index (κ3) is 3.21. The quantitative estimate of drug-likeness (QED) is 0.932. The Morgan fingerprint density at radius 1 is 1.27 bits per heavy atom. The number of hydrogen-bond donors (Lipinski definition) is 1. The summed E-state index contributed by atoms with van der Waals surface area (Å²) in [6.45, 7) is 2.20. The van der Waals surface area contributed by atoms with Gasteiger partial charge < -0.3 is 5.11 Å². The van der Waals surface area contributed by atoms with E-state index in [0.29, 0.717) is 16.6 Å². The predicted octanol–water partition coefficient (Wildman–Crippen LogP) is 3.04. The van der Waals surface area contributed by atoms with Crippen molar-refractivity contribution in [3.05, 3.63) is 57.1 Å². The van der Waals surface area contributed by atoms with Gasteiger partial charge in [0.1, 0.15) is 0 Å². The van der Waals surface area contributed by atoms with Gasteiger partial charge in [0, 0.05) is 29.7 Å². The minimum atomic E-state index is -1.07. The maximum absolute atomic E-state index is 10.8. The van der Waals surface area contributed by atoms with Crippen molar-refractivity contribution in [2.45, 2.75) is 19.5 Å². The highest BCUT2D eigenvalue weighted by Crippen LogP contribution is 2.30. The van der Waals surface area contributed by atoms with Gasteiger partial charge in [-0.15, -0.1) is 0 Å². The van der Waals surface area contributed by atoms with Gasteiger partial charge >= 0.3 is 5.97 Å². The van der Waals surface area contributed by atoms with Crippen molar-refractivity contribution in [3.63, 3.8) is 0 Å². The Bertz CT molecular complexity index is 719. The zero-order chi connectivity index (χ0) is 15.7. The van der Waals surface area contributed by atoms with Gasteiger partial charge in [0.05, 0.1) is 18.1 Å². The van der Waals surface area contributed by atoms with Crippen LogP contribution in [-0.4, -0.2) is 32.5 Å². The summed E-state index contributed by atoms with van der Waals surface area (Å²) in [6.07, 6.45) is 3.64. The van der Waals surface area contributed by atoms with Crippen LogP contribution in [0.25, 0.3) is 0 Å². The van der Waals surface area contributed by atoms with Crippen LogP contribution in [0, 0.1) is 0 Å². The van der Waals surface area contributed by atoms with Crippen LogP contribution < -0.4 is 0 Å². The van der Waals surface area contributed by atoms with Crippen molar-refractivity contribution in [3.8, 4) is 0 Å². The second-order valence-electron chi connectivity index (χ2n) is 5.18. The summed E-state index contributed by atoms with van der Waals surface area (Å²) in [6, 6.07) is 3.71. The Morgan fingerprint density at radius 3 is 2.77 bits per heavy atom. The zero-order valence-corrected chi connectivity index (χ0v) is 13.1. The number of halogens is 2. The number of rotatable bonds is 3. The molecule has 0 bridgehead atoms. The monoisotopic (exact) mass is 337 g/mol. The number of nitrogens with zero attached hydrogens (tertiary/aromatic N) is 3. The third-order valence-corrected chi connectivity index (χ3v) is 4.19. The highest BCUT2D eigenvalue weighted by Gasteiger charge is 2.20. The van der Waals surface area contributed by atoms with Crippen LogP contribution in [0.15, 0.2) is 24.5 Å². The fraction of sp³-hybridized carbons (Fsp3) is 0.267. The van der Waals surface area contributed by atoms with Crippen molar-refractivity contribution in [2.75, 3.05) is 6.54 Å². The normalized spacial score (nSPS) is 14.6. The molecule has 0 aliphatic carbocycles. The maximum atomic E-state index is 10.8. The smallest absolute Gasteiger partial charge is 0.356 e. The molecule has 0 spiro atoms. The molecule has 1 aromatic carbocycles. The molecule has 1 aliphatic rings. The minimum Gasteiger partial charge on any atom is -0.476 e. The second-order valence-corrected chi connectivity index (χ2v) is 6.03. The van der Waals surface area contributed by atoms with Crippen molar-refractivity contribution in [1.82, 2.24) is 14.9 Å². The molecule has 1 N–H and O–H groups in total. The standard InChI is InChI=1S/C15H13Cl2N3O2/c16-10-3-9-7-20(2-1-12(9)13(17)4-10)8-11-5-19-14(6-18-11)15(21)22/h3-6H,1-2,7-8H2,(H,21,22). The molecule has 3 rings (SSSR count). The van der Waals surface area contributed by atoms with Gasteiger partial charge in [-0.2, -0.15) is 0 Å². The van der Waals surface area contributed by atoms with Crippen LogP contribution in [0.3, 0.4) is 0 Å². The van der Waals surface area contributed by atoms with E-state index in [4.69, 9.17) is 28.3 Å². The van der Waals surface area contributed by atoms with Crippen LogP contribution >= 0.6 is 23.2 Å². The maximum Gasteiger partial charge on any atom is 0.356 e. The van der Waals surface area contributed by atoms with E-state index >= 15 is 0 Å². The molecule has 7 heteroatoms. The first-order valence-corrected chi connectivity index (χ1v) is 7.52. The molecule has 0 amide bonds. The van der Waals surface area contributed by atoms with Gasteiger partial charge in [-0.25, -0.2) is 9.78 Å². The lowest BCUT2D eigenvalue weighted by Crippen LogP contribution is -2.30. The Morgan fingerprint density at radius 2 is 2.09 bits per heavy atom. The topological polar surface area (TPSA) is 66.3 Å². The van der Waals surface area contributed by atoms with E-state index in [9.17, 15) is 4.79 Å². The molecule has 1 aliphatic heterocycles. The molecule has 0 fully saturated rings. The van der Waals surface area contributed by atoms with E-state index in [1.165, 1.54) is 12.4 Å². The molecule has 0 radical (unpaired) electrons. The van der Waals surface area contributed by atoms with Gasteiger partial charge in [-0.3, -0.25) is 9.88 Å². The number of benzene rings is 1. The van der Waals surface area contributed by atoms with E-state index in [1.807, 2.05) is 6.07 Å². The lowest BCUT2D eigenvalue weighted by atomic mass is 9.99. The summed E-state index contributed by atoms with van der Waals surface area (Å²) in [5.41, 5.74) is 2.96. The summed E-state index contributed by atoms with van der Waals surface area (Å²) in [7, 11) is 0. The number of aromatic nitrogens is 2. The van der Waals surface area contributed by atoms with Crippen LogP contribution in [0.4, 0.5) is 0 Å². The van der Waals surface area contributed by atoms with E-state index < -0.39 is 5.97 Å². The molecule has 0 saturated carbocycles. The van der Waals surface area contributed by atoms with E-state index in [-0.39, 0.29) is 5.69 Å². The lowest BCUT2D eigenvalue weighted by Gasteiger charge is -2.29. The molecule has 22 heavy (non-hydrogen) atoms. The van der Waals surface area contributed by atoms with E-state index in [0.717, 1.165) is 36.3 Å². The molecule has 1 aromatic heterocycles. The van der Waals surface area contributed by atoms with Gasteiger partial charge in [0.25, 0.3) is 0 Å². The summed E-state index contributed by atoms with van der Waals surface area (Å²) in [4.78, 5) is 21.0. The predicted molar refractivity (Wildman–Crippen MR) is 83.3 cm³/mol. The Kier molecular flexibility index (Phi) is 4.29. The average molecular weight is 338 g/mol. The molecule has 0 atom stereocenters. The molecule has 2 aromatic rings. The molecule has 2 heterocycles. The van der Waals surface area contributed by atoms with Crippen LogP contribution in [0.1, 0.15) is 27.3 Å². The molecule has 114 valence electrons. The molecular weight excluding hydrogens is 325 g/mol. The number of fused-ring (bicyclic) bond motifs is 1. The van der Waals surface area contributed by atoms with Crippen molar-refractivity contribution in [2.24, 2.45) is 0 Å². The minimum absolute atomic E-state index is 0.0497. The van der Waals surface area contributed by atoms with Crippen LogP contribution in [0.2, 0.25) is 10.0 Å². The highest BCUT2D eigenvalue weighted by atomic mass is 35.5. The lowest BCUT2D eigenvalue weighted by molar-refractivity contribution is 0.0690. The van der Waals surface area contributed by atoms with Crippen molar-refractivity contribution in [1.29, 1.82) is 0 Å². The fourth-order valence-electron chi connectivity index (χ4n) is 2.58. The Balaban J connectivity index is 1.73. The van der Waals surface area contributed by atoms with Gasteiger partial charge in [-0.05, 0) is 29.7 Å². The molecule has 0 unspecified atom stereocenters. The first kappa shape index (κ1) is 15.2. The summed E-state index contributed by atoms with van der Waals surface area (Å²) in [5.74, 6) is -1.07. The number of aromatic carboxylic acids is 1. The first-order valence-electron chi connectivity index (χ1n) is 6.76. The summed E-state index contributed by atoms with van der Waals surface area (Å²) < 4.78 is 0. The number of carboxylic acid groups (broad SMARTS) is 1. The number of carboxylic acids is 1. The molecule has 5 nitrogen and oxygen atoms in total. The fourth-order valence-corrected chi connectivity index (χ4v) is 3.21. The summed E-state index contributed by atoms with van der Waals surface area (Å²) in [5, 5.41) is 10.2. The Labute approximate surface area is 137 Å². The van der Waals surface area contributed by atoms with Crippen molar-refractivity contribution >= 4 is 29.2 Å².